The number of anilines is 1. The highest BCUT2D eigenvalue weighted by Crippen LogP contribution is 2.23. The Morgan fingerprint density at radius 2 is 1.48 bits per heavy atom. The Labute approximate surface area is 133 Å². The van der Waals surface area contributed by atoms with Gasteiger partial charge in [0.15, 0.2) is 0 Å². The summed E-state index contributed by atoms with van der Waals surface area (Å²) < 4.78 is 27.5. The molecule has 1 aliphatic heterocycles. The Bertz CT molecular complexity index is 928. The number of carbonyl (C=O) groups is 2. The first kappa shape index (κ1) is 15.2. The van der Waals surface area contributed by atoms with E-state index in [1.165, 1.54) is 18.2 Å². The average molecular weight is 330 g/mol. The third-order valence-electron chi connectivity index (χ3n) is 3.49. The van der Waals surface area contributed by atoms with Crippen molar-refractivity contribution in [2.75, 3.05) is 4.72 Å². The topological polar surface area (TPSA) is 92.3 Å². The van der Waals surface area contributed by atoms with Crippen LogP contribution in [0.5, 0.6) is 0 Å². The number of hydrogen-bond donors (Lipinski definition) is 2. The fourth-order valence-electron chi connectivity index (χ4n) is 2.56. The van der Waals surface area contributed by atoms with Crippen molar-refractivity contribution in [1.82, 2.24) is 5.32 Å². The standard InChI is InChI=1S/C16H14N2O4S/c1-9-5-10(2)7-11(6-9)18-23(21,22)12-3-4-13-14(8-12)16(20)17-15(13)19/h3-8,18H,1-2H3,(H,17,19,20). The minimum absolute atomic E-state index is 0.0679. The summed E-state index contributed by atoms with van der Waals surface area (Å²) in [4.78, 5) is 23.1. The normalized spacial score (nSPS) is 13.7. The minimum atomic E-state index is -3.85. The van der Waals surface area contributed by atoms with E-state index < -0.39 is 21.8 Å². The zero-order valence-corrected chi connectivity index (χ0v) is 13.3. The molecule has 0 saturated carbocycles. The van der Waals surface area contributed by atoms with Gasteiger partial charge in [0.25, 0.3) is 21.8 Å². The number of benzene rings is 2. The molecule has 2 N–H and O–H groups in total. The van der Waals surface area contributed by atoms with Gasteiger partial charge in [-0.15, -0.1) is 0 Å². The molecule has 2 aromatic rings. The number of sulfonamides is 1. The molecule has 6 nitrogen and oxygen atoms in total. The van der Waals surface area contributed by atoms with Gasteiger partial charge in [0.2, 0.25) is 0 Å². The van der Waals surface area contributed by atoms with E-state index in [0.29, 0.717) is 5.69 Å². The molecule has 0 unspecified atom stereocenters. The highest BCUT2D eigenvalue weighted by atomic mass is 32.2. The number of carbonyl (C=O) groups excluding carboxylic acids is 2. The second-order valence-electron chi connectivity index (χ2n) is 5.47. The SMILES string of the molecule is Cc1cc(C)cc(NS(=O)(=O)c2ccc3c(c2)C(=O)NC3=O)c1. The molecule has 3 rings (SSSR count). The monoisotopic (exact) mass is 330 g/mol. The summed E-state index contributed by atoms with van der Waals surface area (Å²) in [5.74, 6) is -1.11. The summed E-state index contributed by atoms with van der Waals surface area (Å²) in [5, 5.41) is 2.13. The van der Waals surface area contributed by atoms with Crippen LogP contribution in [0.2, 0.25) is 0 Å². The average Bonchev–Trinajstić information content (AvgIpc) is 2.72. The van der Waals surface area contributed by atoms with Crippen LogP contribution in [0.25, 0.3) is 0 Å². The van der Waals surface area contributed by atoms with Crippen LogP contribution in [0.1, 0.15) is 31.8 Å². The summed E-state index contributed by atoms with van der Waals surface area (Å²) in [5.41, 5.74) is 2.56. The van der Waals surface area contributed by atoms with Crippen molar-refractivity contribution in [2.24, 2.45) is 0 Å². The van der Waals surface area contributed by atoms with Crippen LogP contribution in [-0.2, 0) is 10.0 Å². The van der Waals surface area contributed by atoms with Gasteiger partial charge in [-0.3, -0.25) is 19.6 Å². The number of amides is 2. The van der Waals surface area contributed by atoms with Crippen molar-refractivity contribution in [3.8, 4) is 0 Å². The van der Waals surface area contributed by atoms with Gasteiger partial charge >= 0.3 is 0 Å². The van der Waals surface area contributed by atoms with E-state index in [9.17, 15) is 18.0 Å². The van der Waals surface area contributed by atoms with E-state index in [-0.39, 0.29) is 16.0 Å². The van der Waals surface area contributed by atoms with Crippen molar-refractivity contribution in [2.45, 2.75) is 18.7 Å². The van der Waals surface area contributed by atoms with Gasteiger partial charge < -0.3 is 0 Å². The van der Waals surface area contributed by atoms with E-state index >= 15 is 0 Å². The molecule has 0 aromatic heterocycles. The van der Waals surface area contributed by atoms with Crippen LogP contribution in [0.3, 0.4) is 0 Å². The number of rotatable bonds is 3. The fourth-order valence-corrected chi connectivity index (χ4v) is 3.63. The number of aryl methyl sites for hydroxylation is 2. The van der Waals surface area contributed by atoms with E-state index in [4.69, 9.17) is 0 Å². The fraction of sp³-hybridized carbons (Fsp3) is 0.125. The molecule has 118 valence electrons. The lowest BCUT2D eigenvalue weighted by atomic mass is 10.1. The third kappa shape index (κ3) is 2.83. The third-order valence-corrected chi connectivity index (χ3v) is 4.87. The Morgan fingerprint density at radius 3 is 2.13 bits per heavy atom. The maximum atomic E-state index is 12.5. The van der Waals surface area contributed by atoms with Crippen LogP contribution in [0.15, 0.2) is 41.3 Å². The zero-order chi connectivity index (χ0) is 16.8. The molecular weight excluding hydrogens is 316 g/mol. The molecule has 2 amide bonds. The van der Waals surface area contributed by atoms with Gasteiger partial charge in [-0.1, -0.05) is 6.07 Å². The van der Waals surface area contributed by atoms with E-state index in [1.54, 1.807) is 12.1 Å². The molecule has 0 fully saturated rings. The van der Waals surface area contributed by atoms with E-state index in [1.807, 2.05) is 19.9 Å². The molecule has 23 heavy (non-hydrogen) atoms. The smallest absolute Gasteiger partial charge is 0.261 e. The van der Waals surface area contributed by atoms with Crippen LogP contribution in [-0.4, -0.2) is 20.2 Å². The van der Waals surface area contributed by atoms with Gasteiger partial charge in [-0.2, -0.15) is 0 Å². The van der Waals surface area contributed by atoms with E-state index in [2.05, 4.69) is 10.0 Å². The molecular formula is C16H14N2O4S. The maximum absolute atomic E-state index is 12.5. The predicted octanol–water partition coefficient (Wildman–Crippen LogP) is 1.99. The Morgan fingerprint density at radius 1 is 0.870 bits per heavy atom. The molecule has 0 radical (unpaired) electrons. The van der Waals surface area contributed by atoms with Gasteiger partial charge in [-0.25, -0.2) is 8.42 Å². The van der Waals surface area contributed by atoms with Crippen LogP contribution >= 0.6 is 0 Å². The van der Waals surface area contributed by atoms with Crippen molar-refractivity contribution < 1.29 is 18.0 Å². The lowest BCUT2D eigenvalue weighted by Gasteiger charge is -2.10. The quantitative estimate of drug-likeness (QED) is 0.842. The first-order chi connectivity index (χ1) is 10.8. The molecule has 2 aromatic carbocycles. The minimum Gasteiger partial charge on any atom is -0.288 e. The molecule has 0 spiro atoms. The van der Waals surface area contributed by atoms with Crippen molar-refractivity contribution >= 4 is 27.5 Å². The Kier molecular flexibility index (Phi) is 3.45. The largest absolute Gasteiger partial charge is 0.288 e. The van der Waals surface area contributed by atoms with Crippen LogP contribution < -0.4 is 10.0 Å². The van der Waals surface area contributed by atoms with E-state index in [0.717, 1.165) is 11.1 Å². The summed E-state index contributed by atoms with van der Waals surface area (Å²) >= 11 is 0. The first-order valence-corrected chi connectivity index (χ1v) is 8.35. The number of nitrogens with one attached hydrogen (secondary N) is 2. The second-order valence-corrected chi connectivity index (χ2v) is 7.15. The highest BCUT2D eigenvalue weighted by molar-refractivity contribution is 7.92. The molecule has 0 saturated heterocycles. The van der Waals surface area contributed by atoms with Crippen LogP contribution in [0.4, 0.5) is 5.69 Å². The van der Waals surface area contributed by atoms with Gasteiger partial charge in [0.1, 0.15) is 0 Å². The van der Waals surface area contributed by atoms with Gasteiger partial charge in [-0.05, 0) is 55.3 Å². The predicted molar refractivity (Wildman–Crippen MR) is 85.0 cm³/mol. The number of imide groups is 1. The zero-order valence-electron chi connectivity index (χ0n) is 12.5. The maximum Gasteiger partial charge on any atom is 0.261 e. The van der Waals surface area contributed by atoms with Gasteiger partial charge in [0, 0.05) is 5.69 Å². The Balaban J connectivity index is 1.99. The highest BCUT2D eigenvalue weighted by Gasteiger charge is 2.28. The molecule has 0 bridgehead atoms. The molecule has 7 heteroatoms. The second kappa shape index (κ2) is 5.20. The number of fused-ring (bicyclic) bond motifs is 1. The summed E-state index contributed by atoms with van der Waals surface area (Å²) in [7, 11) is -3.85. The molecule has 0 atom stereocenters. The number of hydrogen-bond acceptors (Lipinski definition) is 4. The van der Waals surface area contributed by atoms with Crippen molar-refractivity contribution in [1.29, 1.82) is 0 Å². The Hall–Kier alpha value is -2.67. The van der Waals surface area contributed by atoms with Crippen LogP contribution in [0, 0.1) is 13.8 Å². The molecule has 0 aliphatic carbocycles. The van der Waals surface area contributed by atoms with Crippen molar-refractivity contribution in [3.05, 3.63) is 58.7 Å². The van der Waals surface area contributed by atoms with Crippen molar-refractivity contribution in [3.63, 3.8) is 0 Å². The lowest BCUT2D eigenvalue weighted by molar-refractivity contribution is 0.0879. The first-order valence-electron chi connectivity index (χ1n) is 6.87. The lowest BCUT2D eigenvalue weighted by Crippen LogP contribution is -2.19. The molecule has 1 heterocycles. The summed E-state index contributed by atoms with van der Waals surface area (Å²) in [6.07, 6.45) is 0. The summed E-state index contributed by atoms with van der Waals surface area (Å²) in [6.45, 7) is 3.74. The summed E-state index contributed by atoms with van der Waals surface area (Å²) in [6, 6.07) is 9.22. The molecule has 1 aliphatic rings. The van der Waals surface area contributed by atoms with Gasteiger partial charge in [0.05, 0.1) is 16.0 Å².